The third kappa shape index (κ3) is 9.71. The third-order valence-corrected chi connectivity index (χ3v) is 5.49. The second-order valence-corrected chi connectivity index (χ2v) is 8.44. The van der Waals surface area contributed by atoms with Gasteiger partial charge in [-0.2, -0.15) is 0 Å². The fraction of sp³-hybridized carbons (Fsp3) is 0.909. The van der Waals surface area contributed by atoms with E-state index in [4.69, 9.17) is 0 Å². The van der Waals surface area contributed by atoms with Crippen LogP contribution in [-0.4, -0.2) is 42.0 Å². The van der Waals surface area contributed by atoms with Gasteiger partial charge in [-0.25, -0.2) is 0 Å². The van der Waals surface area contributed by atoms with Gasteiger partial charge in [-0.15, -0.1) is 0 Å². The Hall–Kier alpha value is -0.500. The maximum absolute atomic E-state index is 4.34. The lowest BCUT2D eigenvalue weighted by molar-refractivity contribution is 0.128. The van der Waals surface area contributed by atoms with Crippen molar-refractivity contribution in [2.45, 2.75) is 97.9 Å². The second-order valence-electron chi connectivity index (χ2n) is 8.44. The van der Waals surface area contributed by atoms with Crippen molar-refractivity contribution in [3.63, 3.8) is 0 Å². The molecule has 142 valence electrons. The normalized spacial score (nSPS) is 16.3. The molecule has 0 bridgehead atoms. The minimum atomic E-state index is 0.686. The van der Waals surface area contributed by atoms with Crippen LogP contribution in [0.2, 0.25) is 0 Å². The largest absolute Gasteiger partial charge is 0.373 e. The van der Waals surface area contributed by atoms with E-state index in [9.17, 15) is 0 Å². The first-order chi connectivity index (χ1) is 11.5. The van der Waals surface area contributed by atoms with Crippen molar-refractivity contribution in [1.82, 2.24) is 9.80 Å². The molecule has 0 aromatic heterocycles. The summed E-state index contributed by atoms with van der Waals surface area (Å²) in [6.45, 7) is 18.4. The van der Waals surface area contributed by atoms with E-state index in [0.29, 0.717) is 6.04 Å². The van der Waals surface area contributed by atoms with E-state index in [1.54, 1.807) is 0 Å². The zero-order valence-electron chi connectivity index (χ0n) is 17.2. The second kappa shape index (κ2) is 12.8. The number of nitrogens with zero attached hydrogens (tertiary/aromatic N) is 2. The van der Waals surface area contributed by atoms with Crippen LogP contribution in [0.15, 0.2) is 12.3 Å². The highest BCUT2D eigenvalue weighted by Crippen LogP contribution is 2.17. The minimum Gasteiger partial charge on any atom is -0.373 e. The molecule has 1 heterocycles. The molecular formula is C22H44N2. The molecule has 0 aromatic rings. The molecule has 0 spiro atoms. The molecule has 0 N–H and O–H groups in total. The van der Waals surface area contributed by atoms with Gasteiger partial charge in [-0.1, -0.05) is 71.8 Å². The molecule has 0 atom stereocenters. The van der Waals surface area contributed by atoms with Crippen molar-refractivity contribution in [3.8, 4) is 0 Å². The first-order valence-electron chi connectivity index (χ1n) is 10.7. The highest BCUT2D eigenvalue weighted by Gasteiger charge is 2.19. The van der Waals surface area contributed by atoms with Crippen LogP contribution in [0, 0.1) is 5.92 Å². The van der Waals surface area contributed by atoms with Gasteiger partial charge in [-0.05, 0) is 32.6 Å². The number of unbranched alkanes of at least 4 members (excludes halogenated alkanes) is 7. The first-order valence-corrected chi connectivity index (χ1v) is 10.7. The fourth-order valence-corrected chi connectivity index (χ4v) is 3.65. The maximum Gasteiger partial charge on any atom is 0.0303 e. The number of hydrogen-bond acceptors (Lipinski definition) is 2. The van der Waals surface area contributed by atoms with Crippen LogP contribution in [0.1, 0.15) is 91.9 Å². The van der Waals surface area contributed by atoms with Gasteiger partial charge in [0.2, 0.25) is 0 Å². The summed E-state index contributed by atoms with van der Waals surface area (Å²) in [5, 5.41) is 0. The van der Waals surface area contributed by atoms with Crippen molar-refractivity contribution >= 4 is 0 Å². The summed E-state index contributed by atoms with van der Waals surface area (Å²) in [4.78, 5) is 5.10. The Morgan fingerprint density at radius 1 is 0.750 bits per heavy atom. The molecule has 2 nitrogen and oxygen atoms in total. The Morgan fingerprint density at radius 2 is 1.25 bits per heavy atom. The van der Waals surface area contributed by atoms with E-state index in [0.717, 1.165) is 5.92 Å². The van der Waals surface area contributed by atoms with Gasteiger partial charge < -0.3 is 4.90 Å². The molecular weight excluding hydrogens is 292 g/mol. The van der Waals surface area contributed by atoms with Gasteiger partial charge in [0.1, 0.15) is 0 Å². The molecule has 1 saturated heterocycles. The van der Waals surface area contributed by atoms with Gasteiger partial charge in [0.05, 0.1) is 0 Å². The van der Waals surface area contributed by atoms with Crippen LogP contribution < -0.4 is 0 Å². The molecule has 0 unspecified atom stereocenters. The molecule has 0 radical (unpaired) electrons. The van der Waals surface area contributed by atoms with Crippen LogP contribution in [0.4, 0.5) is 0 Å². The van der Waals surface area contributed by atoms with Crippen LogP contribution >= 0.6 is 0 Å². The van der Waals surface area contributed by atoms with E-state index in [1.807, 2.05) is 0 Å². The summed E-state index contributed by atoms with van der Waals surface area (Å²) in [7, 11) is 0. The van der Waals surface area contributed by atoms with Crippen LogP contribution in [0.5, 0.6) is 0 Å². The number of rotatable bonds is 13. The summed E-state index contributed by atoms with van der Waals surface area (Å²) in [6, 6.07) is 0.686. The quantitative estimate of drug-likeness (QED) is 0.376. The number of hydrogen-bond donors (Lipinski definition) is 0. The highest BCUT2D eigenvalue weighted by atomic mass is 15.3. The average molecular weight is 337 g/mol. The number of allylic oxidation sites excluding steroid dienone is 1. The smallest absolute Gasteiger partial charge is 0.0303 e. The molecule has 1 rings (SSSR count). The molecule has 0 aliphatic carbocycles. The molecule has 0 aromatic carbocycles. The Labute approximate surface area is 152 Å². The van der Waals surface area contributed by atoms with Crippen molar-refractivity contribution in [2.24, 2.45) is 5.92 Å². The summed E-state index contributed by atoms with van der Waals surface area (Å²) < 4.78 is 0. The van der Waals surface area contributed by atoms with E-state index >= 15 is 0 Å². The van der Waals surface area contributed by atoms with Gasteiger partial charge in [0.25, 0.3) is 0 Å². The predicted molar refractivity (Wildman–Crippen MR) is 108 cm³/mol. The zero-order valence-corrected chi connectivity index (χ0v) is 17.2. The minimum absolute atomic E-state index is 0.686. The Kier molecular flexibility index (Phi) is 11.5. The van der Waals surface area contributed by atoms with Crippen LogP contribution in [0.3, 0.4) is 0 Å². The van der Waals surface area contributed by atoms with Gasteiger partial charge >= 0.3 is 0 Å². The lowest BCUT2D eigenvalue weighted by atomic mass is 10.0. The Balaban J connectivity index is 1.91. The van der Waals surface area contributed by atoms with Gasteiger partial charge in [0, 0.05) is 37.9 Å². The Morgan fingerprint density at radius 3 is 1.75 bits per heavy atom. The van der Waals surface area contributed by atoms with Crippen molar-refractivity contribution < 1.29 is 0 Å². The van der Waals surface area contributed by atoms with Gasteiger partial charge in [0.15, 0.2) is 0 Å². The molecule has 24 heavy (non-hydrogen) atoms. The molecule has 1 fully saturated rings. The summed E-state index contributed by atoms with van der Waals surface area (Å²) in [5.74, 6) is 0.881. The lowest BCUT2D eigenvalue weighted by Gasteiger charge is -2.39. The van der Waals surface area contributed by atoms with Crippen molar-refractivity contribution in [3.05, 3.63) is 12.3 Å². The fourth-order valence-electron chi connectivity index (χ4n) is 3.65. The molecule has 1 aliphatic heterocycles. The molecule has 0 saturated carbocycles. The Bertz CT molecular complexity index is 314. The lowest BCUT2D eigenvalue weighted by Crippen LogP contribution is -2.48. The van der Waals surface area contributed by atoms with E-state index in [1.165, 1.54) is 96.1 Å². The summed E-state index contributed by atoms with van der Waals surface area (Å²) in [5.41, 5.74) is 1.38. The topological polar surface area (TPSA) is 6.48 Å². The maximum atomic E-state index is 4.34. The standard InChI is InChI=1S/C22H44N2/c1-20(2)14-12-10-8-6-7-9-11-13-15-22(5)24-18-16-23(17-19-24)21(3)4/h20-21H,5-19H2,1-4H3. The molecule has 2 heteroatoms. The van der Waals surface area contributed by atoms with Crippen molar-refractivity contribution in [1.29, 1.82) is 0 Å². The first kappa shape index (κ1) is 21.5. The molecule has 1 aliphatic rings. The van der Waals surface area contributed by atoms with E-state index < -0.39 is 0 Å². The van der Waals surface area contributed by atoms with E-state index in [-0.39, 0.29) is 0 Å². The third-order valence-electron chi connectivity index (χ3n) is 5.49. The zero-order chi connectivity index (χ0) is 17.8. The van der Waals surface area contributed by atoms with Crippen molar-refractivity contribution in [2.75, 3.05) is 26.2 Å². The monoisotopic (exact) mass is 336 g/mol. The average Bonchev–Trinajstić information content (AvgIpc) is 2.56. The predicted octanol–water partition coefficient (Wildman–Crippen LogP) is 6.08. The SMILES string of the molecule is C=C(CCCCCCCCCCC(C)C)N1CCN(C(C)C)CC1. The van der Waals surface area contributed by atoms with E-state index in [2.05, 4.69) is 44.1 Å². The van der Waals surface area contributed by atoms with Crippen LogP contribution in [0.25, 0.3) is 0 Å². The summed E-state index contributed by atoms with van der Waals surface area (Å²) in [6.07, 6.45) is 13.9. The van der Waals surface area contributed by atoms with Crippen LogP contribution in [-0.2, 0) is 0 Å². The highest BCUT2D eigenvalue weighted by molar-refractivity contribution is 4.96. The number of piperazine rings is 1. The summed E-state index contributed by atoms with van der Waals surface area (Å²) >= 11 is 0. The van der Waals surface area contributed by atoms with Gasteiger partial charge in [-0.3, -0.25) is 4.90 Å². The molecule has 0 amide bonds.